The molecule has 0 aliphatic rings. The lowest BCUT2D eigenvalue weighted by Gasteiger charge is -1.88. The van der Waals surface area contributed by atoms with Gasteiger partial charge in [-0.25, -0.2) is 4.79 Å². The molecule has 1 aromatic heterocycles. The average Bonchev–Trinajstić information content (AvgIpc) is 2.11. The SMILES string of the molecule is O=C(O)c1c(I)csc1Cl. The van der Waals surface area contributed by atoms with Gasteiger partial charge in [-0.2, -0.15) is 0 Å². The van der Waals surface area contributed by atoms with Gasteiger partial charge in [-0.1, -0.05) is 11.6 Å². The summed E-state index contributed by atoms with van der Waals surface area (Å²) in [6.07, 6.45) is 0. The fourth-order valence-electron chi connectivity index (χ4n) is 0.501. The van der Waals surface area contributed by atoms with E-state index < -0.39 is 5.97 Å². The van der Waals surface area contributed by atoms with Gasteiger partial charge in [0.25, 0.3) is 0 Å². The maximum atomic E-state index is 10.4. The van der Waals surface area contributed by atoms with Crippen LogP contribution in [-0.2, 0) is 0 Å². The largest absolute Gasteiger partial charge is 0.478 e. The minimum atomic E-state index is -0.962. The number of carboxylic acid groups (broad SMARTS) is 1. The predicted molar refractivity (Wildman–Crippen MR) is 49.0 cm³/mol. The van der Waals surface area contributed by atoms with Crippen LogP contribution in [0.25, 0.3) is 0 Å². The molecule has 0 radical (unpaired) electrons. The fraction of sp³-hybridized carbons (Fsp3) is 0. The molecule has 0 atom stereocenters. The van der Waals surface area contributed by atoms with Gasteiger partial charge in [-0.3, -0.25) is 0 Å². The van der Waals surface area contributed by atoms with Gasteiger partial charge >= 0.3 is 5.97 Å². The van der Waals surface area contributed by atoms with E-state index in [9.17, 15) is 4.79 Å². The van der Waals surface area contributed by atoms with Crippen molar-refractivity contribution >= 4 is 51.5 Å². The second kappa shape index (κ2) is 3.06. The van der Waals surface area contributed by atoms with Crippen LogP contribution in [0.2, 0.25) is 4.34 Å². The van der Waals surface area contributed by atoms with Crippen LogP contribution in [0.5, 0.6) is 0 Å². The smallest absolute Gasteiger partial charge is 0.339 e. The summed E-state index contributed by atoms with van der Waals surface area (Å²) in [7, 11) is 0. The van der Waals surface area contributed by atoms with Crippen molar-refractivity contribution in [2.45, 2.75) is 0 Å². The summed E-state index contributed by atoms with van der Waals surface area (Å²) in [6, 6.07) is 0. The van der Waals surface area contributed by atoms with Crippen LogP contribution in [0.3, 0.4) is 0 Å². The van der Waals surface area contributed by atoms with E-state index in [1.54, 1.807) is 5.38 Å². The Hall–Kier alpha value is 0.190. The number of carbonyl (C=O) groups is 1. The number of rotatable bonds is 1. The molecule has 0 aliphatic heterocycles. The topological polar surface area (TPSA) is 37.3 Å². The Bertz CT molecular complexity index is 251. The van der Waals surface area contributed by atoms with E-state index >= 15 is 0 Å². The first-order valence-electron chi connectivity index (χ1n) is 2.28. The number of halogens is 2. The Morgan fingerprint density at radius 2 is 2.40 bits per heavy atom. The van der Waals surface area contributed by atoms with E-state index in [0.717, 1.165) is 0 Å². The van der Waals surface area contributed by atoms with Gasteiger partial charge in [0, 0.05) is 8.95 Å². The van der Waals surface area contributed by atoms with Crippen LogP contribution in [0.4, 0.5) is 0 Å². The molecule has 10 heavy (non-hydrogen) atoms. The summed E-state index contributed by atoms with van der Waals surface area (Å²) in [5.74, 6) is -0.962. The molecule has 1 N–H and O–H groups in total. The number of carboxylic acids is 1. The number of hydrogen-bond acceptors (Lipinski definition) is 2. The summed E-state index contributed by atoms with van der Waals surface area (Å²) in [4.78, 5) is 10.4. The first-order chi connectivity index (χ1) is 4.63. The molecule has 2 nitrogen and oxygen atoms in total. The molecule has 5 heteroatoms. The minimum Gasteiger partial charge on any atom is -0.478 e. The minimum absolute atomic E-state index is 0.215. The maximum absolute atomic E-state index is 10.4. The lowest BCUT2D eigenvalue weighted by Crippen LogP contribution is -1.96. The molecule has 0 fully saturated rings. The summed E-state index contributed by atoms with van der Waals surface area (Å²) >= 11 is 8.75. The average molecular weight is 288 g/mol. The Balaban J connectivity index is 3.23. The Labute approximate surface area is 80.0 Å². The molecule has 0 saturated heterocycles. The number of thiophene rings is 1. The first kappa shape index (κ1) is 8.29. The van der Waals surface area contributed by atoms with Gasteiger partial charge in [-0.05, 0) is 22.6 Å². The number of hydrogen-bond donors (Lipinski definition) is 1. The highest BCUT2D eigenvalue weighted by atomic mass is 127. The van der Waals surface area contributed by atoms with Crippen molar-refractivity contribution in [1.82, 2.24) is 0 Å². The third kappa shape index (κ3) is 1.43. The molecule has 0 amide bonds. The first-order valence-corrected chi connectivity index (χ1v) is 4.62. The zero-order chi connectivity index (χ0) is 7.72. The predicted octanol–water partition coefficient (Wildman–Crippen LogP) is 2.70. The van der Waals surface area contributed by atoms with Crippen LogP contribution in [0.1, 0.15) is 10.4 Å². The summed E-state index contributed by atoms with van der Waals surface area (Å²) in [5.41, 5.74) is 0.215. The standard InChI is InChI=1S/C5H2ClIO2S/c6-4-3(5(8)9)2(7)1-10-4/h1H,(H,8,9). The molecule has 0 bridgehead atoms. The van der Waals surface area contributed by atoms with Gasteiger partial charge < -0.3 is 5.11 Å². The molecule has 1 aromatic rings. The van der Waals surface area contributed by atoms with E-state index in [1.807, 2.05) is 22.6 Å². The molecular formula is C5H2ClIO2S. The number of aromatic carboxylic acids is 1. The zero-order valence-electron chi connectivity index (χ0n) is 4.60. The van der Waals surface area contributed by atoms with E-state index in [-0.39, 0.29) is 5.56 Å². The van der Waals surface area contributed by atoms with Gasteiger partial charge in [-0.15, -0.1) is 11.3 Å². The quantitative estimate of drug-likeness (QED) is 0.807. The molecule has 0 aromatic carbocycles. The van der Waals surface area contributed by atoms with E-state index in [0.29, 0.717) is 7.91 Å². The zero-order valence-corrected chi connectivity index (χ0v) is 8.33. The van der Waals surface area contributed by atoms with Crippen molar-refractivity contribution in [3.8, 4) is 0 Å². The molecule has 1 heterocycles. The van der Waals surface area contributed by atoms with Crippen LogP contribution < -0.4 is 0 Å². The molecule has 0 saturated carbocycles. The summed E-state index contributed by atoms with van der Waals surface area (Å²) in [5, 5.41) is 10.3. The summed E-state index contributed by atoms with van der Waals surface area (Å²) in [6.45, 7) is 0. The highest BCUT2D eigenvalue weighted by Crippen LogP contribution is 2.28. The maximum Gasteiger partial charge on any atom is 0.339 e. The van der Waals surface area contributed by atoms with Crippen LogP contribution >= 0.6 is 45.5 Å². The third-order valence-corrected chi connectivity index (χ3v) is 3.41. The molecule has 1 rings (SSSR count). The lowest BCUT2D eigenvalue weighted by molar-refractivity contribution is 0.0696. The highest BCUT2D eigenvalue weighted by molar-refractivity contribution is 14.1. The second-order valence-electron chi connectivity index (χ2n) is 1.54. The van der Waals surface area contributed by atoms with Crippen LogP contribution in [0.15, 0.2) is 5.38 Å². The molecular weight excluding hydrogens is 286 g/mol. The monoisotopic (exact) mass is 288 g/mol. The fourth-order valence-corrected chi connectivity index (χ4v) is 2.68. The highest BCUT2D eigenvalue weighted by Gasteiger charge is 2.14. The normalized spacial score (nSPS) is 9.80. The Morgan fingerprint density at radius 1 is 1.80 bits per heavy atom. The van der Waals surface area contributed by atoms with Crippen LogP contribution in [-0.4, -0.2) is 11.1 Å². The van der Waals surface area contributed by atoms with Crippen molar-refractivity contribution < 1.29 is 9.90 Å². The van der Waals surface area contributed by atoms with Crippen molar-refractivity contribution in [2.75, 3.05) is 0 Å². The van der Waals surface area contributed by atoms with Gasteiger partial charge in [0.15, 0.2) is 0 Å². The molecule has 0 spiro atoms. The van der Waals surface area contributed by atoms with Gasteiger partial charge in [0.1, 0.15) is 9.90 Å². The molecule has 0 aliphatic carbocycles. The Morgan fingerprint density at radius 3 is 2.60 bits per heavy atom. The van der Waals surface area contributed by atoms with Crippen molar-refractivity contribution in [3.63, 3.8) is 0 Å². The molecule has 54 valence electrons. The van der Waals surface area contributed by atoms with Crippen molar-refractivity contribution in [2.24, 2.45) is 0 Å². The Kier molecular flexibility index (Phi) is 2.54. The second-order valence-corrected chi connectivity index (χ2v) is 4.18. The van der Waals surface area contributed by atoms with E-state index in [2.05, 4.69) is 0 Å². The van der Waals surface area contributed by atoms with Crippen molar-refractivity contribution in [1.29, 1.82) is 0 Å². The van der Waals surface area contributed by atoms with E-state index in [4.69, 9.17) is 16.7 Å². The molecule has 0 unspecified atom stereocenters. The van der Waals surface area contributed by atoms with Gasteiger partial charge in [0.05, 0.1) is 0 Å². The van der Waals surface area contributed by atoms with Gasteiger partial charge in [0.2, 0.25) is 0 Å². The van der Waals surface area contributed by atoms with Crippen LogP contribution in [0, 0.1) is 3.57 Å². The van der Waals surface area contributed by atoms with Crippen molar-refractivity contribution in [3.05, 3.63) is 18.9 Å². The lowest BCUT2D eigenvalue weighted by atomic mass is 10.4. The van der Waals surface area contributed by atoms with E-state index in [1.165, 1.54) is 11.3 Å². The third-order valence-electron chi connectivity index (χ3n) is 0.915. The summed E-state index contributed by atoms with van der Waals surface area (Å²) < 4.78 is 1.04.